The van der Waals surface area contributed by atoms with E-state index in [-0.39, 0.29) is 6.04 Å². The topological polar surface area (TPSA) is 30.5 Å². The number of hydrogen-bond acceptors (Lipinski definition) is 5. The van der Waals surface area contributed by atoms with Crippen molar-refractivity contribution in [3.8, 4) is 11.5 Å². The summed E-state index contributed by atoms with van der Waals surface area (Å²) in [5.74, 6) is 2.65. The second-order valence-electron chi connectivity index (χ2n) is 4.46. The van der Waals surface area contributed by atoms with Gasteiger partial charge < -0.3 is 14.8 Å². The number of ether oxygens (including phenoxy) is 2. The molecule has 0 aliphatic rings. The highest BCUT2D eigenvalue weighted by molar-refractivity contribution is 8.01. The fraction of sp³-hybridized carbons (Fsp3) is 0.375. The molecule has 114 valence electrons. The van der Waals surface area contributed by atoms with Gasteiger partial charge in [0.15, 0.2) is 0 Å². The lowest BCUT2D eigenvalue weighted by Crippen LogP contribution is -2.23. The summed E-state index contributed by atoms with van der Waals surface area (Å²) in [6, 6.07) is 10.5. The van der Waals surface area contributed by atoms with Crippen molar-refractivity contribution in [1.82, 2.24) is 5.32 Å². The molecule has 2 aromatic rings. The molecule has 1 N–H and O–H groups in total. The molecule has 0 aliphatic heterocycles. The van der Waals surface area contributed by atoms with Crippen molar-refractivity contribution in [2.24, 2.45) is 0 Å². The Kier molecular flexibility index (Phi) is 6.42. The third-order valence-corrected chi connectivity index (χ3v) is 5.38. The quantitative estimate of drug-likeness (QED) is 0.737. The Morgan fingerprint density at radius 2 is 2.10 bits per heavy atom. The predicted molar refractivity (Wildman–Crippen MR) is 91.0 cm³/mol. The maximum absolute atomic E-state index is 5.53. The van der Waals surface area contributed by atoms with Crippen LogP contribution in [0.4, 0.5) is 0 Å². The average molecular weight is 323 g/mol. The van der Waals surface area contributed by atoms with Gasteiger partial charge in [0.25, 0.3) is 0 Å². The molecular formula is C16H21NO2S2. The minimum absolute atomic E-state index is 0.253. The summed E-state index contributed by atoms with van der Waals surface area (Å²) in [7, 11) is 3.37. The van der Waals surface area contributed by atoms with E-state index in [0.717, 1.165) is 23.8 Å². The molecule has 0 spiro atoms. The summed E-state index contributed by atoms with van der Waals surface area (Å²) in [6.07, 6.45) is 0. The summed E-state index contributed by atoms with van der Waals surface area (Å²) in [5, 5.41) is 5.65. The second kappa shape index (κ2) is 8.32. The number of nitrogens with one attached hydrogen (secondary N) is 1. The molecule has 0 aliphatic carbocycles. The van der Waals surface area contributed by atoms with Gasteiger partial charge in [0.2, 0.25) is 0 Å². The van der Waals surface area contributed by atoms with Crippen molar-refractivity contribution >= 4 is 23.1 Å². The van der Waals surface area contributed by atoms with Crippen LogP contribution in [0.5, 0.6) is 11.5 Å². The predicted octanol–water partition coefficient (Wildman–Crippen LogP) is 4.21. The molecule has 0 amide bonds. The first kappa shape index (κ1) is 16.2. The molecule has 3 nitrogen and oxygen atoms in total. The lowest BCUT2D eigenvalue weighted by Gasteiger charge is -2.20. The van der Waals surface area contributed by atoms with E-state index in [1.807, 2.05) is 23.9 Å². The summed E-state index contributed by atoms with van der Waals surface area (Å²) in [5.41, 5.74) is 1.17. The number of hydrogen-bond donors (Lipinski definition) is 1. The minimum atomic E-state index is 0.253. The van der Waals surface area contributed by atoms with Crippen LogP contribution in [0.3, 0.4) is 0 Å². The summed E-state index contributed by atoms with van der Waals surface area (Å²) in [4.78, 5) is 0. The number of thioether (sulfide) groups is 1. The Labute approximate surface area is 134 Å². The second-order valence-corrected chi connectivity index (χ2v) is 6.73. The van der Waals surface area contributed by atoms with Crippen molar-refractivity contribution in [2.45, 2.75) is 17.2 Å². The largest absolute Gasteiger partial charge is 0.497 e. The Balaban J connectivity index is 2.16. The Morgan fingerprint density at radius 3 is 2.71 bits per heavy atom. The molecule has 1 aromatic carbocycles. The van der Waals surface area contributed by atoms with Gasteiger partial charge in [0.05, 0.1) is 18.4 Å². The summed E-state index contributed by atoms with van der Waals surface area (Å²) >= 11 is 3.65. The minimum Gasteiger partial charge on any atom is -0.497 e. The van der Waals surface area contributed by atoms with Gasteiger partial charge in [-0.05, 0) is 24.1 Å². The van der Waals surface area contributed by atoms with Gasteiger partial charge in [-0.2, -0.15) is 0 Å². The number of benzene rings is 1. The van der Waals surface area contributed by atoms with Crippen LogP contribution in [0, 0.1) is 0 Å². The van der Waals surface area contributed by atoms with Crippen LogP contribution in [-0.4, -0.2) is 26.5 Å². The highest BCUT2D eigenvalue weighted by atomic mass is 32.2. The molecule has 0 radical (unpaired) electrons. The van der Waals surface area contributed by atoms with E-state index >= 15 is 0 Å². The third kappa shape index (κ3) is 4.40. The van der Waals surface area contributed by atoms with Crippen LogP contribution in [-0.2, 0) is 0 Å². The van der Waals surface area contributed by atoms with Crippen LogP contribution >= 0.6 is 23.1 Å². The molecule has 1 unspecified atom stereocenters. The fourth-order valence-electron chi connectivity index (χ4n) is 2.12. The van der Waals surface area contributed by atoms with E-state index in [9.17, 15) is 0 Å². The van der Waals surface area contributed by atoms with Crippen molar-refractivity contribution in [3.05, 3.63) is 41.3 Å². The first-order valence-corrected chi connectivity index (χ1v) is 8.76. The summed E-state index contributed by atoms with van der Waals surface area (Å²) in [6.45, 7) is 3.05. The monoisotopic (exact) mass is 323 g/mol. The van der Waals surface area contributed by atoms with Crippen molar-refractivity contribution in [3.63, 3.8) is 0 Å². The molecule has 0 saturated carbocycles. The van der Waals surface area contributed by atoms with E-state index in [1.54, 1.807) is 25.6 Å². The molecule has 0 bridgehead atoms. The Morgan fingerprint density at radius 1 is 1.24 bits per heavy atom. The number of methoxy groups -OCH3 is 2. The number of thiophene rings is 1. The van der Waals surface area contributed by atoms with E-state index < -0.39 is 0 Å². The van der Waals surface area contributed by atoms with Crippen LogP contribution in [0.25, 0.3) is 0 Å². The Bertz CT molecular complexity index is 543. The highest BCUT2D eigenvalue weighted by Gasteiger charge is 2.16. The molecular weight excluding hydrogens is 302 g/mol. The van der Waals surface area contributed by atoms with Crippen LogP contribution in [0.15, 0.2) is 39.9 Å². The molecule has 0 saturated heterocycles. The number of rotatable bonds is 8. The van der Waals surface area contributed by atoms with Gasteiger partial charge in [-0.3, -0.25) is 0 Å². The third-order valence-electron chi connectivity index (χ3n) is 3.15. The van der Waals surface area contributed by atoms with Gasteiger partial charge >= 0.3 is 0 Å². The fourth-order valence-corrected chi connectivity index (χ4v) is 4.02. The molecule has 1 heterocycles. The lowest BCUT2D eigenvalue weighted by atomic mass is 10.1. The first-order valence-electron chi connectivity index (χ1n) is 6.90. The standard InChI is InChI=1S/C16H21NO2S2/c1-4-17-14(11-21-16-6-5-9-20-16)13-8-7-12(18-2)10-15(13)19-3/h5-10,14,17H,4,11H2,1-3H3. The first-order chi connectivity index (χ1) is 10.3. The van der Waals surface area contributed by atoms with Gasteiger partial charge in [0, 0.05) is 23.4 Å². The van der Waals surface area contributed by atoms with Crippen molar-refractivity contribution < 1.29 is 9.47 Å². The van der Waals surface area contributed by atoms with Crippen LogP contribution in [0.2, 0.25) is 0 Å². The highest BCUT2D eigenvalue weighted by Crippen LogP contribution is 2.33. The van der Waals surface area contributed by atoms with E-state index in [4.69, 9.17) is 9.47 Å². The molecule has 1 aromatic heterocycles. The Hall–Kier alpha value is -1.17. The van der Waals surface area contributed by atoms with Gasteiger partial charge in [0.1, 0.15) is 11.5 Å². The molecule has 2 rings (SSSR count). The van der Waals surface area contributed by atoms with E-state index in [0.29, 0.717) is 0 Å². The lowest BCUT2D eigenvalue weighted by molar-refractivity contribution is 0.386. The molecule has 0 fully saturated rings. The van der Waals surface area contributed by atoms with Crippen molar-refractivity contribution in [2.75, 3.05) is 26.5 Å². The SMILES string of the molecule is CCNC(CSc1cccs1)c1ccc(OC)cc1OC. The molecule has 1 atom stereocenters. The average Bonchev–Trinajstić information content (AvgIpc) is 3.04. The van der Waals surface area contributed by atoms with E-state index in [1.165, 1.54) is 9.77 Å². The zero-order valence-corrected chi connectivity index (χ0v) is 14.2. The maximum Gasteiger partial charge on any atom is 0.127 e. The smallest absolute Gasteiger partial charge is 0.127 e. The maximum atomic E-state index is 5.53. The van der Waals surface area contributed by atoms with Gasteiger partial charge in [-0.25, -0.2) is 0 Å². The van der Waals surface area contributed by atoms with E-state index in [2.05, 4.69) is 35.8 Å². The van der Waals surface area contributed by atoms with Crippen molar-refractivity contribution in [1.29, 1.82) is 0 Å². The zero-order chi connectivity index (χ0) is 15.1. The van der Waals surface area contributed by atoms with Crippen LogP contribution in [0.1, 0.15) is 18.5 Å². The van der Waals surface area contributed by atoms with Crippen LogP contribution < -0.4 is 14.8 Å². The van der Waals surface area contributed by atoms with Gasteiger partial charge in [-0.15, -0.1) is 23.1 Å². The normalized spacial score (nSPS) is 12.1. The molecule has 21 heavy (non-hydrogen) atoms. The zero-order valence-electron chi connectivity index (χ0n) is 12.6. The molecule has 5 heteroatoms. The summed E-state index contributed by atoms with van der Waals surface area (Å²) < 4.78 is 12.1. The van der Waals surface area contributed by atoms with Gasteiger partial charge in [-0.1, -0.05) is 19.1 Å².